The lowest BCUT2D eigenvalue weighted by atomic mass is 9.94. The maximum Gasteiger partial charge on any atom is 0.329 e. The summed E-state index contributed by atoms with van der Waals surface area (Å²) in [5.74, 6) is -1.24. The number of hydrogen-bond acceptors (Lipinski definition) is 6. The first kappa shape index (κ1) is 27.4. The molecule has 3 N–H and O–H groups in total. The van der Waals surface area contributed by atoms with Crippen molar-refractivity contribution in [2.75, 3.05) is 0 Å². The van der Waals surface area contributed by atoms with Crippen LogP contribution in [0.1, 0.15) is 86.5 Å². The van der Waals surface area contributed by atoms with Gasteiger partial charge in [0.1, 0.15) is 11.6 Å². The number of carbonyl (C=O) groups excluding carboxylic acids is 4. The van der Waals surface area contributed by atoms with Crippen LogP contribution in [0.15, 0.2) is 0 Å². The molecule has 29 heavy (non-hydrogen) atoms. The number of unbranched alkanes of at least 4 members (excludes halogenated alkanes) is 1. The molecular formula is C21H38N2O5S. The summed E-state index contributed by atoms with van der Waals surface area (Å²) in [6.45, 7) is 10.8. The smallest absolute Gasteiger partial charge is 0.329 e. The normalized spacial score (nSPS) is 14.6. The first-order valence-corrected chi connectivity index (χ1v) is 11.3. The van der Waals surface area contributed by atoms with Crippen LogP contribution in [0.4, 0.5) is 0 Å². The Bertz CT molecular complexity index is 560. The van der Waals surface area contributed by atoms with E-state index in [2.05, 4.69) is 19.2 Å². The largest absolute Gasteiger partial charge is 0.458 e. The van der Waals surface area contributed by atoms with Crippen molar-refractivity contribution in [1.29, 1.82) is 0 Å². The molecule has 2 amide bonds. The molecule has 0 aromatic rings. The Kier molecular flexibility index (Phi) is 12.9. The average molecular weight is 431 g/mol. The lowest BCUT2D eigenvalue weighted by molar-refractivity contribution is -0.158. The van der Waals surface area contributed by atoms with E-state index in [0.717, 1.165) is 37.4 Å². The fourth-order valence-electron chi connectivity index (χ4n) is 2.87. The third-order valence-electron chi connectivity index (χ3n) is 4.38. The van der Waals surface area contributed by atoms with Gasteiger partial charge in [-0.2, -0.15) is 0 Å². The first-order chi connectivity index (χ1) is 13.4. The molecule has 0 aliphatic heterocycles. The maximum atomic E-state index is 12.9. The molecule has 0 fully saturated rings. The second kappa shape index (κ2) is 13.6. The molecule has 0 aromatic heterocycles. The lowest BCUT2D eigenvalue weighted by Crippen LogP contribution is -2.47. The summed E-state index contributed by atoms with van der Waals surface area (Å²) in [5.41, 5.74) is 4.47. The average Bonchev–Trinajstić information content (AvgIpc) is 2.58. The van der Waals surface area contributed by atoms with Crippen LogP contribution in [0, 0.1) is 5.92 Å². The van der Waals surface area contributed by atoms with Crippen LogP contribution >= 0.6 is 11.8 Å². The molecule has 0 aliphatic carbocycles. The molecule has 7 nitrogen and oxygen atoms in total. The number of thioether (sulfide) groups is 1. The standard InChI is InChI=1S/C21H38N2O5S/c1-7-9-10-15(8-2)13-17(29-14(3)24)19(26)23-16(11-12-18(22)25)20(27)28-21(4,5)6/h15-17H,7-13H2,1-6H3,(H2,22,25)(H,23,26)/t15?,16-,17?/m0/s1. The fraction of sp³-hybridized carbons (Fsp3) is 0.810. The number of hydrogen-bond donors (Lipinski definition) is 2. The Hall–Kier alpha value is -1.57. The van der Waals surface area contributed by atoms with Gasteiger partial charge >= 0.3 is 5.97 Å². The summed E-state index contributed by atoms with van der Waals surface area (Å²) in [5, 5.41) is 1.95. The number of nitrogens with one attached hydrogen (secondary N) is 1. The Morgan fingerprint density at radius 1 is 1.10 bits per heavy atom. The zero-order valence-electron chi connectivity index (χ0n) is 18.7. The molecular weight excluding hydrogens is 392 g/mol. The van der Waals surface area contributed by atoms with Crippen molar-refractivity contribution < 1.29 is 23.9 Å². The van der Waals surface area contributed by atoms with Gasteiger partial charge in [-0.1, -0.05) is 51.3 Å². The van der Waals surface area contributed by atoms with E-state index in [1.165, 1.54) is 6.92 Å². The van der Waals surface area contributed by atoms with E-state index < -0.39 is 28.8 Å². The van der Waals surface area contributed by atoms with Gasteiger partial charge in [-0.3, -0.25) is 14.4 Å². The van der Waals surface area contributed by atoms with Gasteiger partial charge in [-0.05, 0) is 39.5 Å². The Labute approximate surface area is 179 Å². The monoisotopic (exact) mass is 430 g/mol. The summed E-state index contributed by atoms with van der Waals surface area (Å²) < 4.78 is 5.37. The van der Waals surface area contributed by atoms with Crippen molar-refractivity contribution in [1.82, 2.24) is 5.32 Å². The van der Waals surface area contributed by atoms with Gasteiger partial charge in [0, 0.05) is 13.3 Å². The van der Waals surface area contributed by atoms with E-state index in [4.69, 9.17) is 10.5 Å². The highest BCUT2D eigenvalue weighted by Crippen LogP contribution is 2.26. The summed E-state index contributed by atoms with van der Waals surface area (Å²) in [4.78, 5) is 48.3. The first-order valence-electron chi connectivity index (χ1n) is 10.4. The predicted molar refractivity (Wildman–Crippen MR) is 116 cm³/mol. The van der Waals surface area contributed by atoms with E-state index >= 15 is 0 Å². The number of rotatable bonds is 13. The van der Waals surface area contributed by atoms with Crippen molar-refractivity contribution >= 4 is 34.7 Å². The molecule has 0 spiro atoms. The van der Waals surface area contributed by atoms with Crippen molar-refractivity contribution in [2.45, 2.75) is 103 Å². The third kappa shape index (κ3) is 13.3. The van der Waals surface area contributed by atoms with Gasteiger partial charge in [0.15, 0.2) is 5.12 Å². The molecule has 0 heterocycles. The van der Waals surface area contributed by atoms with E-state index in [0.29, 0.717) is 12.3 Å². The summed E-state index contributed by atoms with van der Waals surface area (Å²) in [6.07, 6.45) is 4.61. The molecule has 8 heteroatoms. The summed E-state index contributed by atoms with van der Waals surface area (Å²) in [6, 6.07) is -0.986. The minimum atomic E-state index is -0.986. The fourth-order valence-corrected chi connectivity index (χ4v) is 3.81. The predicted octanol–water partition coefficient (Wildman–Crippen LogP) is 3.33. The second-order valence-corrected chi connectivity index (χ2v) is 9.73. The minimum Gasteiger partial charge on any atom is -0.458 e. The summed E-state index contributed by atoms with van der Waals surface area (Å²) >= 11 is 0.981. The van der Waals surface area contributed by atoms with E-state index in [9.17, 15) is 19.2 Å². The van der Waals surface area contributed by atoms with Crippen molar-refractivity contribution in [3.63, 3.8) is 0 Å². The van der Waals surface area contributed by atoms with E-state index in [1.807, 2.05) is 0 Å². The zero-order chi connectivity index (χ0) is 22.6. The highest BCUT2D eigenvalue weighted by Gasteiger charge is 2.31. The van der Waals surface area contributed by atoms with Crippen LogP contribution in [-0.2, 0) is 23.9 Å². The van der Waals surface area contributed by atoms with Crippen LogP contribution in [0.5, 0.6) is 0 Å². The third-order valence-corrected chi connectivity index (χ3v) is 5.40. The Morgan fingerprint density at radius 3 is 2.17 bits per heavy atom. The molecule has 0 bridgehead atoms. The second-order valence-electron chi connectivity index (χ2n) is 8.35. The number of primary amides is 1. The number of ether oxygens (including phenoxy) is 1. The number of carbonyl (C=O) groups is 4. The molecule has 0 radical (unpaired) electrons. The van der Waals surface area contributed by atoms with Crippen LogP contribution in [-0.4, -0.2) is 39.8 Å². The Morgan fingerprint density at radius 2 is 1.72 bits per heavy atom. The van der Waals surface area contributed by atoms with Crippen molar-refractivity contribution in [2.24, 2.45) is 11.7 Å². The van der Waals surface area contributed by atoms with Gasteiger partial charge in [-0.15, -0.1) is 0 Å². The quantitative estimate of drug-likeness (QED) is 0.433. The van der Waals surface area contributed by atoms with Crippen LogP contribution < -0.4 is 11.1 Å². The molecule has 3 atom stereocenters. The number of amides is 2. The van der Waals surface area contributed by atoms with Gasteiger partial charge in [0.25, 0.3) is 0 Å². The molecule has 0 rings (SSSR count). The maximum absolute atomic E-state index is 12.9. The SMILES string of the molecule is CCCCC(CC)CC(SC(C)=O)C(=O)N[C@@H](CCC(N)=O)C(=O)OC(C)(C)C. The molecule has 0 saturated heterocycles. The van der Waals surface area contributed by atoms with Gasteiger partial charge in [0.05, 0.1) is 5.25 Å². The highest BCUT2D eigenvalue weighted by molar-refractivity contribution is 8.14. The molecule has 0 saturated carbocycles. The van der Waals surface area contributed by atoms with Crippen LogP contribution in [0.25, 0.3) is 0 Å². The molecule has 168 valence electrons. The zero-order valence-corrected chi connectivity index (χ0v) is 19.5. The highest BCUT2D eigenvalue weighted by atomic mass is 32.2. The number of esters is 1. The van der Waals surface area contributed by atoms with Crippen LogP contribution in [0.3, 0.4) is 0 Å². The van der Waals surface area contributed by atoms with Gasteiger partial charge in [-0.25, -0.2) is 4.79 Å². The van der Waals surface area contributed by atoms with Gasteiger partial charge < -0.3 is 15.8 Å². The minimum absolute atomic E-state index is 0.0528. The van der Waals surface area contributed by atoms with E-state index in [1.54, 1.807) is 20.8 Å². The van der Waals surface area contributed by atoms with Crippen LogP contribution in [0.2, 0.25) is 0 Å². The summed E-state index contributed by atoms with van der Waals surface area (Å²) in [7, 11) is 0. The van der Waals surface area contributed by atoms with Gasteiger partial charge in [0.2, 0.25) is 11.8 Å². The molecule has 2 unspecified atom stereocenters. The molecule has 0 aromatic carbocycles. The number of nitrogens with two attached hydrogens (primary N) is 1. The topological polar surface area (TPSA) is 116 Å². The lowest BCUT2D eigenvalue weighted by Gasteiger charge is -2.26. The Balaban J connectivity index is 5.32. The molecule has 0 aliphatic rings. The van der Waals surface area contributed by atoms with E-state index in [-0.39, 0.29) is 23.9 Å². The van der Waals surface area contributed by atoms with Crippen molar-refractivity contribution in [3.05, 3.63) is 0 Å². The van der Waals surface area contributed by atoms with Crippen molar-refractivity contribution in [3.8, 4) is 0 Å².